The summed E-state index contributed by atoms with van der Waals surface area (Å²) in [6, 6.07) is 4.76. The van der Waals surface area contributed by atoms with Crippen molar-refractivity contribution >= 4 is 27.6 Å². The fourth-order valence-electron chi connectivity index (χ4n) is 2.78. The van der Waals surface area contributed by atoms with Crippen molar-refractivity contribution in [1.29, 1.82) is 0 Å². The lowest BCUT2D eigenvalue weighted by Gasteiger charge is -2.33. The predicted molar refractivity (Wildman–Crippen MR) is 90.2 cm³/mol. The number of nitrogens with two attached hydrogens (primary N) is 1. The van der Waals surface area contributed by atoms with E-state index in [2.05, 4.69) is 14.5 Å². The predicted octanol–water partition coefficient (Wildman–Crippen LogP) is -1.07. The first-order valence-electron chi connectivity index (χ1n) is 7.71. The molecule has 1 saturated heterocycles. The van der Waals surface area contributed by atoms with Gasteiger partial charge in [-0.1, -0.05) is 6.07 Å². The number of ether oxygens (including phenoxy) is 1. The Bertz CT molecular complexity index is 810. The quantitative estimate of drug-likeness (QED) is 0.528. The molecular formula is C14H19N5O5S. The highest BCUT2D eigenvalue weighted by Gasteiger charge is 2.26. The topological polar surface area (TPSA) is 146 Å². The molecule has 25 heavy (non-hydrogen) atoms. The number of carbonyl (C=O) groups excluding carboxylic acids is 1. The van der Waals surface area contributed by atoms with E-state index in [9.17, 15) is 13.2 Å². The monoisotopic (exact) mass is 369 g/mol. The Balaban J connectivity index is 1.72. The molecule has 2 aliphatic heterocycles. The molecule has 136 valence electrons. The van der Waals surface area contributed by atoms with Gasteiger partial charge in [-0.3, -0.25) is 14.5 Å². The zero-order valence-corrected chi connectivity index (χ0v) is 14.1. The first-order chi connectivity index (χ1) is 11.9. The van der Waals surface area contributed by atoms with Gasteiger partial charge in [0.25, 0.3) is 5.91 Å². The van der Waals surface area contributed by atoms with E-state index in [0.717, 1.165) is 12.8 Å². The second-order valence-corrected chi connectivity index (χ2v) is 7.05. The van der Waals surface area contributed by atoms with E-state index in [0.29, 0.717) is 23.5 Å². The van der Waals surface area contributed by atoms with Crippen LogP contribution in [0.3, 0.4) is 0 Å². The third-order valence-corrected chi connectivity index (χ3v) is 4.80. The highest BCUT2D eigenvalue weighted by atomic mass is 32.2. The normalized spacial score (nSPS) is 21.7. The summed E-state index contributed by atoms with van der Waals surface area (Å²) in [4.78, 5) is 11.6. The highest BCUT2D eigenvalue weighted by Crippen LogP contribution is 2.30. The molecule has 1 fully saturated rings. The first-order valence-corrected chi connectivity index (χ1v) is 9.15. The smallest absolute Gasteiger partial charge is 0.344 e. The van der Waals surface area contributed by atoms with Crippen LogP contribution in [-0.2, 0) is 15.0 Å². The molecule has 0 aromatic heterocycles. The minimum absolute atomic E-state index is 0.126. The summed E-state index contributed by atoms with van der Waals surface area (Å²) in [6.07, 6.45) is 1.57. The molecule has 0 radical (unpaired) electrons. The summed E-state index contributed by atoms with van der Waals surface area (Å²) in [5, 5.41) is 10.3. The Morgan fingerprint density at radius 3 is 3.04 bits per heavy atom. The van der Waals surface area contributed by atoms with Gasteiger partial charge in [0.15, 0.2) is 5.84 Å². The summed E-state index contributed by atoms with van der Waals surface area (Å²) >= 11 is 0. The van der Waals surface area contributed by atoms with E-state index in [-0.39, 0.29) is 18.5 Å². The molecule has 5 N–H and O–H groups in total. The Morgan fingerprint density at radius 2 is 2.28 bits per heavy atom. The number of carbonyl (C=O) groups is 1. The minimum atomic E-state index is -3.84. The number of aliphatic hydroxyl groups excluding tert-OH is 1. The number of nitrogens with one attached hydrogen (secondary N) is 2. The van der Waals surface area contributed by atoms with Crippen LogP contribution in [0.1, 0.15) is 18.4 Å². The van der Waals surface area contributed by atoms with Crippen LogP contribution in [0.15, 0.2) is 22.6 Å². The molecule has 1 atom stereocenters. The molecule has 2 heterocycles. The maximum absolute atomic E-state index is 11.6. The number of hydrogen-bond acceptors (Lipinski definition) is 7. The first kappa shape index (κ1) is 17.5. The second-order valence-electron chi connectivity index (χ2n) is 5.72. The molecule has 0 unspecified atom stereocenters. The van der Waals surface area contributed by atoms with E-state index < -0.39 is 22.7 Å². The van der Waals surface area contributed by atoms with Gasteiger partial charge in [-0.25, -0.2) is 5.43 Å². The molecule has 3 rings (SSSR count). The molecule has 0 bridgehead atoms. The van der Waals surface area contributed by atoms with E-state index in [1.807, 2.05) is 0 Å². The summed E-state index contributed by atoms with van der Waals surface area (Å²) in [7, 11) is -3.84. The number of hydrogen-bond donors (Lipinski definition) is 4. The summed E-state index contributed by atoms with van der Waals surface area (Å²) in [5.74, 6) is -0.140. The molecule has 11 heteroatoms. The molecule has 10 nitrogen and oxygen atoms in total. The van der Waals surface area contributed by atoms with Crippen molar-refractivity contribution in [2.24, 2.45) is 10.1 Å². The van der Waals surface area contributed by atoms with Crippen LogP contribution in [0.25, 0.3) is 0 Å². The fourth-order valence-corrected chi connectivity index (χ4v) is 3.62. The number of benzene rings is 1. The van der Waals surface area contributed by atoms with Gasteiger partial charge in [-0.15, -0.1) is 4.40 Å². The number of anilines is 1. The number of fused-ring (bicyclic) bond motifs is 1. The fraction of sp³-hybridized carbons (Fsp3) is 0.429. The number of amidine groups is 1. The van der Waals surface area contributed by atoms with E-state index >= 15 is 0 Å². The van der Waals surface area contributed by atoms with Crippen LogP contribution < -0.4 is 20.6 Å². The van der Waals surface area contributed by atoms with Gasteiger partial charge < -0.3 is 15.6 Å². The van der Waals surface area contributed by atoms with Gasteiger partial charge in [0.05, 0.1) is 17.3 Å². The minimum Gasteiger partial charge on any atom is -0.491 e. The average molecular weight is 369 g/mol. The zero-order chi connectivity index (χ0) is 18.0. The highest BCUT2D eigenvalue weighted by molar-refractivity contribution is 7.91. The Hall–Kier alpha value is -2.37. The van der Waals surface area contributed by atoms with Gasteiger partial charge in [0.1, 0.15) is 19.0 Å². The number of rotatable bonds is 4. The zero-order valence-electron chi connectivity index (χ0n) is 13.3. The molecule has 0 spiro atoms. The Labute approximate surface area is 144 Å². The van der Waals surface area contributed by atoms with Crippen LogP contribution in [0, 0.1) is 0 Å². The second kappa shape index (κ2) is 6.86. The molecular weight excluding hydrogens is 350 g/mol. The third kappa shape index (κ3) is 3.83. The Kier molecular flexibility index (Phi) is 4.79. The van der Waals surface area contributed by atoms with Crippen molar-refractivity contribution in [1.82, 2.24) is 10.4 Å². The van der Waals surface area contributed by atoms with Crippen LogP contribution in [0.5, 0.6) is 5.75 Å². The van der Waals surface area contributed by atoms with Gasteiger partial charge in [-0.2, -0.15) is 8.42 Å². The summed E-state index contributed by atoms with van der Waals surface area (Å²) < 4.78 is 34.7. The summed E-state index contributed by atoms with van der Waals surface area (Å²) in [5.41, 5.74) is 9.46. The van der Waals surface area contributed by atoms with Crippen molar-refractivity contribution in [2.45, 2.75) is 18.9 Å². The SMILES string of the molecule is NC1=NS(=O)(=O)Nc2cccc(OC[C@H]3CCCN(C(=O)CO)N3)c21. The van der Waals surface area contributed by atoms with E-state index in [1.54, 1.807) is 18.2 Å². The largest absolute Gasteiger partial charge is 0.491 e. The maximum Gasteiger partial charge on any atom is 0.344 e. The van der Waals surface area contributed by atoms with E-state index in [4.69, 9.17) is 15.6 Å². The number of hydrazine groups is 1. The summed E-state index contributed by atoms with van der Waals surface area (Å²) in [6.45, 7) is 0.212. The number of nitrogens with zero attached hydrogens (tertiary/aromatic N) is 2. The van der Waals surface area contributed by atoms with Crippen molar-refractivity contribution in [3.8, 4) is 5.75 Å². The third-order valence-electron chi connectivity index (χ3n) is 3.89. The lowest BCUT2D eigenvalue weighted by Crippen LogP contribution is -2.54. The van der Waals surface area contributed by atoms with Gasteiger partial charge >= 0.3 is 10.2 Å². The molecule has 1 aromatic rings. The lowest BCUT2D eigenvalue weighted by molar-refractivity contribution is -0.140. The van der Waals surface area contributed by atoms with Gasteiger partial charge in [0.2, 0.25) is 0 Å². The van der Waals surface area contributed by atoms with Gasteiger partial charge in [0, 0.05) is 6.54 Å². The average Bonchev–Trinajstić information content (AvgIpc) is 2.58. The van der Waals surface area contributed by atoms with Crippen LogP contribution in [0.2, 0.25) is 0 Å². The molecule has 2 aliphatic rings. The van der Waals surface area contributed by atoms with Gasteiger partial charge in [-0.05, 0) is 25.0 Å². The van der Waals surface area contributed by atoms with Crippen molar-refractivity contribution in [3.63, 3.8) is 0 Å². The maximum atomic E-state index is 11.6. The molecule has 0 saturated carbocycles. The van der Waals surface area contributed by atoms with Crippen molar-refractivity contribution in [2.75, 3.05) is 24.5 Å². The van der Waals surface area contributed by atoms with Crippen LogP contribution >= 0.6 is 0 Å². The standard InChI is InChI=1S/C14H19N5O5S/c15-14-13-10(17-25(22,23)18-14)4-1-5-11(13)24-8-9-3-2-6-19(16-9)12(21)7-20/h1,4-5,9,16-17,20H,2-3,6-8H2,(H2,15,18)/t9-/m1/s1. The van der Waals surface area contributed by atoms with Crippen LogP contribution in [-0.4, -0.2) is 56.1 Å². The van der Waals surface area contributed by atoms with Crippen LogP contribution in [0.4, 0.5) is 5.69 Å². The number of aliphatic hydroxyl groups is 1. The molecule has 1 aromatic carbocycles. The Morgan fingerprint density at radius 1 is 1.48 bits per heavy atom. The lowest BCUT2D eigenvalue weighted by atomic mass is 10.1. The molecule has 1 amide bonds. The number of amides is 1. The molecule has 0 aliphatic carbocycles. The van der Waals surface area contributed by atoms with Crippen molar-refractivity contribution < 1.29 is 23.1 Å². The van der Waals surface area contributed by atoms with E-state index in [1.165, 1.54) is 5.01 Å². The van der Waals surface area contributed by atoms with Crippen molar-refractivity contribution in [3.05, 3.63) is 23.8 Å².